The Bertz CT molecular complexity index is 620. The van der Waals surface area contributed by atoms with Crippen LogP contribution >= 0.6 is 0 Å². The predicted molar refractivity (Wildman–Crippen MR) is 172 cm³/mol. The molecule has 0 saturated carbocycles. The molecule has 0 aliphatic carbocycles. The fourth-order valence-electron chi connectivity index (χ4n) is 5.27. The number of nitrogens with zero attached hydrogens (tertiary/aromatic N) is 1. The van der Waals surface area contributed by atoms with E-state index in [0.29, 0.717) is 0 Å². The molecule has 0 aromatic heterocycles. The molecule has 228 valence electrons. The van der Waals surface area contributed by atoms with Crippen LogP contribution in [0.15, 0.2) is 24.3 Å². The number of rotatable bonds is 30. The molecule has 1 rings (SSSR count). The Labute approximate surface area is 244 Å². The highest BCUT2D eigenvalue weighted by molar-refractivity contribution is 5.50. The summed E-state index contributed by atoms with van der Waals surface area (Å²) in [6.45, 7) is 8.31. The maximum atomic E-state index is 6.24. The van der Waals surface area contributed by atoms with Crippen molar-refractivity contribution in [3.63, 3.8) is 0 Å². The van der Waals surface area contributed by atoms with Crippen molar-refractivity contribution in [2.45, 2.75) is 181 Å². The van der Waals surface area contributed by atoms with Gasteiger partial charge in [0.25, 0.3) is 0 Å². The van der Waals surface area contributed by atoms with Gasteiger partial charge in [-0.25, -0.2) is 9.68 Å². The van der Waals surface area contributed by atoms with Crippen LogP contribution in [0.1, 0.15) is 180 Å². The van der Waals surface area contributed by atoms with E-state index < -0.39 is 0 Å². The summed E-state index contributed by atoms with van der Waals surface area (Å²) in [5.41, 5.74) is 2.43. The lowest BCUT2D eigenvalue weighted by Gasteiger charge is -2.25. The molecule has 0 bridgehead atoms. The maximum Gasteiger partial charge on any atom is 0.0979 e. The lowest BCUT2D eigenvalue weighted by molar-refractivity contribution is -0.0917. The number of hydrogen-bond acceptors (Lipinski definition) is 3. The van der Waals surface area contributed by atoms with Gasteiger partial charge < -0.3 is 0 Å². The van der Waals surface area contributed by atoms with E-state index in [-0.39, 0.29) is 0 Å². The molecule has 0 radical (unpaired) electrons. The molecule has 0 aliphatic rings. The highest BCUT2D eigenvalue weighted by Crippen LogP contribution is 2.24. The standard InChI is InChI=1S/C36H67NO2/c1-4-7-10-12-14-16-18-19-21-23-25-29-34-39-37(36-32-27-26-31-35(36)30-9-6-3)38-33-28-24-22-20-17-15-13-11-8-5-2/h26-27,31-32H,4-25,28-30,33-34H2,1-3H3. The van der Waals surface area contributed by atoms with Gasteiger partial charge in [0, 0.05) is 0 Å². The van der Waals surface area contributed by atoms with Crippen LogP contribution in [0.2, 0.25) is 0 Å². The maximum absolute atomic E-state index is 6.24. The summed E-state index contributed by atoms with van der Waals surface area (Å²) < 4.78 is 0. The molecule has 0 aliphatic heterocycles. The quantitative estimate of drug-likeness (QED) is 0.0708. The average Bonchev–Trinajstić information content (AvgIpc) is 2.96. The van der Waals surface area contributed by atoms with Crippen molar-refractivity contribution >= 4 is 5.69 Å². The number of aryl methyl sites for hydroxylation is 1. The summed E-state index contributed by atoms with van der Waals surface area (Å²) >= 11 is 0. The average molecular weight is 546 g/mol. The van der Waals surface area contributed by atoms with Gasteiger partial charge in [-0.3, -0.25) is 0 Å². The number of hydrogen-bond donors (Lipinski definition) is 0. The molecule has 39 heavy (non-hydrogen) atoms. The third-order valence-corrected chi connectivity index (χ3v) is 7.90. The van der Waals surface area contributed by atoms with Crippen LogP contribution in [0.25, 0.3) is 0 Å². The van der Waals surface area contributed by atoms with Gasteiger partial charge in [-0.15, -0.1) is 5.23 Å². The molecule has 0 saturated heterocycles. The first kappa shape index (κ1) is 36.0. The first-order valence-corrected chi connectivity index (χ1v) is 17.5. The van der Waals surface area contributed by atoms with E-state index in [2.05, 4.69) is 45.0 Å². The van der Waals surface area contributed by atoms with Gasteiger partial charge in [-0.2, -0.15) is 0 Å². The molecule has 1 aromatic carbocycles. The zero-order valence-electron chi connectivity index (χ0n) is 26.7. The van der Waals surface area contributed by atoms with Gasteiger partial charge in [-0.1, -0.05) is 174 Å². The molecular weight excluding hydrogens is 478 g/mol. The van der Waals surface area contributed by atoms with Crippen molar-refractivity contribution in [1.29, 1.82) is 0 Å². The van der Waals surface area contributed by atoms with E-state index >= 15 is 0 Å². The fraction of sp³-hybridized carbons (Fsp3) is 0.833. The fourth-order valence-corrected chi connectivity index (χ4v) is 5.27. The Morgan fingerprint density at radius 3 is 1.21 bits per heavy atom. The topological polar surface area (TPSA) is 21.7 Å². The minimum Gasteiger partial charge on any atom is -0.249 e. The first-order chi connectivity index (χ1) is 19.3. The van der Waals surface area contributed by atoms with E-state index in [1.807, 2.05) is 0 Å². The Kier molecular flexibility index (Phi) is 26.3. The van der Waals surface area contributed by atoms with E-state index in [1.54, 1.807) is 5.23 Å². The van der Waals surface area contributed by atoms with E-state index in [4.69, 9.17) is 9.68 Å². The summed E-state index contributed by atoms with van der Waals surface area (Å²) in [6, 6.07) is 8.63. The smallest absolute Gasteiger partial charge is 0.0979 e. The van der Waals surface area contributed by atoms with Crippen LogP contribution in [-0.4, -0.2) is 13.2 Å². The minimum absolute atomic E-state index is 0.733. The van der Waals surface area contributed by atoms with Crippen molar-refractivity contribution in [1.82, 2.24) is 0 Å². The largest absolute Gasteiger partial charge is 0.249 e. The normalized spacial score (nSPS) is 11.4. The number of anilines is 1. The molecule has 3 nitrogen and oxygen atoms in total. The molecule has 0 atom stereocenters. The van der Waals surface area contributed by atoms with Gasteiger partial charge in [0.2, 0.25) is 0 Å². The monoisotopic (exact) mass is 546 g/mol. The third kappa shape index (κ3) is 21.4. The Morgan fingerprint density at radius 2 is 0.795 bits per heavy atom. The second-order valence-electron chi connectivity index (χ2n) is 11.7. The summed E-state index contributed by atoms with van der Waals surface area (Å²) in [4.78, 5) is 12.5. The molecule has 0 N–H and O–H groups in total. The summed E-state index contributed by atoms with van der Waals surface area (Å²) in [5, 5.41) is 1.76. The molecule has 3 heteroatoms. The number of para-hydroxylation sites is 1. The SMILES string of the molecule is CCCCCCCCCCCCCCON(OCCCCCCCCCCCC)c1ccccc1CCCC. The summed E-state index contributed by atoms with van der Waals surface area (Å²) in [7, 11) is 0. The van der Waals surface area contributed by atoms with Crippen LogP contribution in [0, 0.1) is 0 Å². The third-order valence-electron chi connectivity index (χ3n) is 7.90. The zero-order chi connectivity index (χ0) is 28.1. The van der Waals surface area contributed by atoms with E-state index in [9.17, 15) is 0 Å². The van der Waals surface area contributed by atoms with Gasteiger partial charge >= 0.3 is 0 Å². The number of unbranched alkanes of at least 4 members (excludes halogenated alkanes) is 21. The zero-order valence-corrected chi connectivity index (χ0v) is 26.7. The van der Waals surface area contributed by atoms with Crippen molar-refractivity contribution in [3.8, 4) is 0 Å². The summed E-state index contributed by atoms with van der Waals surface area (Å²) in [6.07, 6.45) is 33.2. The first-order valence-electron chi connectivity index (χ1n) is 17.5. The molecule has 0 heterocycles. The van der Waals surface area contributed by atoms with Crippen LogP contribution < -0.4 is 5.23 Å². The molecule has 0 fully saturated rings. The minimum atomic E-state index is 0.733. The highest BCUT2D eigenvalue weighted by Gasteiger charge is 2.13. The van der Waals surface area contributed by atoms with Gasteiger partial charge in [0.05, 0.1) is 18.9 Å². The van der Waals surface area contributed by atoms with Crippen molar-refractivity contribution in [2.24, 2.45) is 0 Å². The molecule has 0 unspecified atom stereocenters. The highest BCUT2D eigenvalue weighted by atomic mass is 16.9. The molecule has 0 spiro atoms. The van der Waals surface area contributed by atoms with E-state index in [0.717, 1.165) is 38.2 Å². The van der Waals surface area contributed by atoms with Gasteiger partial charge in [0.15, 0.2) is 0 Å². The Balaban J connectivity index is 2.28. The molecular formula is C36H67NO2. The van der Waals surface area contributed by atoms with Crippen LogP contribution in [0.5, 0.6) is 0 Å². The Hall–Kier alpha value is -1.06. The van der Waals surface area contributed by atoms with Crippen LogP contribution in [0.3, 0.4) is 0 Å². The molecule has 1 aromatic rings. The van der Waals surface area contributed by atoms with Crippen molar-refractivity contribution in [2.75, 3.05) is 18.4 Å². The lowest BCUT2D eigenvalue weighted by Crippen LogP contribution is -2.26. The lowest BCUT2D eigenvalue weighted by atomic mass is 10.1. The van der Waals surface area contributed by atoms with Gasteiger partial charge in [0.1, 0.15) is 0 Å². The van der Waals surface area contributed by atoms with Crippen LogP contribution in [0.4, 0.5) is 5.69 Å². The number of benzene rings is 1. The predicted octanol–water partition coefficient (Wildman–Crippen LogP) is 12.3. The van der Waals surface area contributed by atoms with Crippen LogP contribution in [-0.2, 0) is 16.1 Å². The van der Waals surface area contributed by atoms with Crippen molar-refractivity contribution < 1.29 is 9.68 Å². The van der Waals surface area contributed by atoms with Gasteiger partial charge in [-0.05, 0) is 37.3 Å². The summed E-state index contributed by atoms with van der Waals surface area (Å²) in [5.74, 6) is 0. The molecule has 0 amide bonds. The second kappa shape index (κ2) is 28.5. The van der Waals surface area contributed by atoms with Crippen molar-refractivity contribution in [3.05, 3.63) is 29.8 Å². The second-order valence-corrected chi connectivity index (χ2v) is 11.7. The van der Waals surface area contributed by atoms with E-state index in [1.165, 1.54) is 147 Å². The Morgan fingerprint density at radius 1 is 0.436 bits per heavy atom.